The van der Waals surface area contributed by atoms with E-state index in [1.165, 1.54) is 0 Å². The lowest BCUT2D eigenvalue weighted by Gasteiger charge is -2.10. The maximum absolute atomic E-state index is 9.53. The first kappa shape index (κ1) is 18.1. The van der Waals surface area contributed by atoms with Crippen LogP contribution in [0.2, 0.25) is 0 Å². The van der Waals surface area contributed by atoms with Crippen LogP contribution in [0.25, 0.3) is 0 Å². The third kappa shape index (κ3) is 6.04. The molecule has 0 heterocycles. The van der Waals surface area contributed by atoms with E-state index in [2.05, 4.69) is 0 Å². The Bertz CT molecular complexity index is 531. The SMILES string of the molecule is OC(CCl)Cc1ccc(Oc2ccc(CC(O)CCl)cc2)cc1. The molecule has 0 saturated heterocycles. The lowest BCUT2D eigenvalue weighted by Crippen LogP contribution is -2.11. The Labute approximate surface area is 146 Å². The molecule has 0 amide bonds. The van der Waals surface area contributed by atoms with E-state index in [4.69, 9.17) is 27.9 Å². The van der Waals surface area contributed by atoms with Crippen molar-refractivity contribution in [1.29, 1.82) is 0 Å². The first-order chi connectivity index (χ1) is 11.1. The smallest absolute Gasteiger partial charge is 0.127 e. The highest BCUT2D eigenvalue weighted by Crippen LogP contribution is 2.23. The van der Waals surface area contributed by atoms with Crippen molar-refractivity contribution in [3.63, 3.8) is 0 Å². The predicted molar refractivity (Wildman–Crippen MR) is 93.8 cm³/mol. The molecule has 0 aliphatic heterocycles. The van der Waals surface area contributed by atoms with Gasteiger partial charge in [-0.05, 0) is 48.2 Å². The summed E-state index contributed by atoms with van der Waals surface area (Å²) in [4.78, 5) is 0. The Morgan fingerprint density at radius 3 is 1.35 bits per heavy atom. The van der Waals surface area contributed by atoms with Crippen LogP contribution in [0, 0.1) is 0 Å². The van der Waals surface area contributed by atoms with Gasteiger partial charge in [-0.2, -0.15) is 0 Å². The lowest BCUT2D eigenvalue weighted by molar-refractivity contribution is 0.198. The van der Waals surface area contributed by atoms with Gasteiger partial charge in [0, 0.05) is 11.8 Å². The zero-order chi connectivity index (χ0) is 16.7. The van der Waals surface area contributed by atoms with Crippen LogP contribution in [0.5, 0.6) is 11.5 Å². The van der Waals surface area contributed by atoms with E-state index in [9.17, 15) is 10.2 Å². The highest BCUT2D eigenvalue weighted by Gasteiger charge is 2.06. The largest absolute Gasteiger partial charge is 0.457 e. The number of benzene rings is 2. The molecule has 0 spiro atoms. The molecule has 0 aromatic heterocycles. The van der Waals surface area contributed by atoms with Crippen LogP contribution in [0.3, 0.4) is 0 Å². The highest BCUT2D eigenvalue weighted by molar-refractivity contribution is 6.18. The minimum absolute atomic E-state index is 0.225. The summed E-state index contributed by atoms with van der Waals surface area (Å²) < 4.78 is 5.77. The van der Waals surface area contributed by atoms with Gasteiger partial charge in [0.05, 0.1) is 12.2 Å². The molecule has 23 heavy (non-hydrogen) atoms. The monoisotopic (exact) mass is 354 g/mol. The van der Waals surface area contributed by atoms with Gasteiger partial charge in [0.15, 0.2) is 0 Å². The van der Waals surface area contributed by atoms with E-state index >= 15 is 0 Å². The van der Waals surface area contributed by atoms with Crippen molar-refractivity contribution < 1.29 is 14.9 Å². The summed E-state index contributed by atoms with van der Waals surface area (Å²) in [7, 11) is 0. The number of hydrogen-bond donors (Lipinski definition) is 2. The van der Waals surface area contributed by atoms with Crippen molar-refractivity contribution in [2.24, 2.45) is 0 Å². The average molecular weight is 355 g/mol. The molecule has 124 valence electrons. The van der Waals surface area contributed by atoms with Crippen molar-refractivity contribution in [1.82, 2.24) is 0 Å². The van der Waals surface area contributed by atoms with Gasteiger partial charge in [0.1, 0.15) is 11.5 Å². The van der Waals surface area contributed by atoms with Crippen LogP contribution in [0.15, 0.2) is 48.5 Å². The van der Waals surface area contributed by atoms with Crippen molar-refractivity contribution >= 4 is 23.2 Å². The number of aliphatic hydroxyl groups is 2. The summed E-state index contributed by atoms with van der Waals surface area (Å²) in [5.41, 5.74) is 2.02. The Morgan fingerprint density at radius 2 is 1.04 bits per heavy atom. The topological polar surface area (TPSA) is 49.7 Å². The van der Waals surface area contributed by atoms with Crippen molar-refractivity contribution in [2.75, 3.05) is 11.8 Å². The Morgan fingerprint density at radius 1 is 0.696 bits per heavy atom. The van der Waals surface area contributed by atoms with Crippen LogP contribution < -0.4 is 4.74 Å². The van der Waals surface area contributed by atoms with E-state index in [-0.39, 0.29) is 11.8 Å². The van der Waals surface area contributed by atoms with Gasteiger partial charge in [-0.25, -0.2) is 0 Å². The molecule has 2 rings (SSSR count). The quantitative estimate of drug-likeness (QED) is 0.709. The molecule has 0 fully saturated rings. The molecule has 5 heteroatoms. The molecule has 3 nitrogen and oxygen atoms in total. The summed E-state index contributed by atoms with van der Waals surface area (Å²) in [5.74, 6) is 1.90. The van der Waals surface area contributed by atoms with Crippen molar-refractivity contribution in [2.45, 2.75) is 25.0 Å². The minimum Gasteiger partial charge on any atom is -0.457 e. The maximum atomic E-state index is 9.53. The molecule has 2 aromatic rings. The Kier molecular flexibility index (Phi) is 7.18. The first-order valence-electron chi connectivity index (χ1n) is 7.44. The minimum atomic E-state index is -0.528. The summed E-state index contributed by atoms with van der Waals surface area (Å²) in [6, 6.07) is 15.1. The van der Waals surface area contributed by atoms with Crippen LogP contribution in [0.4, 0.5) is 0 Å². The highest BCUT2D eigenvalue weighted by atomic mass is 35.5. The summed E-state index contributed by atoms with van der Waals surface area (Å²) >= 11 is 11.2. The first-order valence-corrected chi connectivity index (χ1v) is 8.51. The average Bonchev–Trinajstić information content (AvgIpc) is 2.58. The third-order valence-corrected chi connectivity index (χ3v) is 4.09. The van der Waals surface area contributed by atoms with Gasteiger partial charge < -0.3 is 14.9 Å². The second kappa shape index (κ2) is 9.14. The number of ether oxygens (including phenoxy) is 1. The van der Waals surface area contributed by atoms with E-state index in [0.717, 1.165) is 22.6 Å². The fourth-order valence-corrected chi connectivity index (χ4v) is 2.39. The summed E-state index contributed by atoms with van der Waals surface area (Å²) in [6.07, 6.45) is 0.00146. The fraction of sp³-hybridized carbons (Fsp3) is 0.333. The van der Waals surface area contributed by atoms with Gasteiger partial charge in [0.2, 0.25) is 0 Å². The van der Waals surface area contributed by atoms with Gasteiger partial charge >= 0.3 is 0 Å². The molecule has 0 bridgehead atoms. The number of hydrogen-bond acceptors (Lipinski definition) is 3. The third-order valence-electron chi connectivity index (χ3n) is 3.38. The molecule has 2 aromatic carbocycles. The number of rotatable bonds is 8. The summed E-state index contributed by atoms with van der Waals surface area (Å²) in [6.45, 7) is 0. The lowest BCUT2D eigenvalue weighted by atomic mass is 10.1. The number of aliphatic hydroxyl groups excluding tert-OH is 2. The fourth-order valence-electron chi connectivity index (χ4n) is 2.18. The molecule has 0 aliphatic carbocycles. The number of halogens is 2. The molecule has 0 saturated carbocycles. The van der Waals surface area contributed by atoms with Crippen molar-refractivity contribution in [3.05, 3.63) is 59.7 Å². The van der Waals surface area contributed by atoms with Gasteiger partial charge in [-0.3, -0.25) is 0 Å². The molecule has 2 atom stereocenters. The van der Waals surface area contributed by atoms with Gasteiger partial charge in [0.25, 0.3) is 0 Å². The van der Waals surface area contributed by atoms with E-state index in [1.807, 2.05) is 48.5 Å². The Balaban J connectivity index is 1.94. The zero-order valence-electron chi connectivity index (χ0n) is 12.7. The van der Waals surface area contributed by atoms with Gasteiger partial charge in [-0.1, -0.05) is 24.3 Å². The molecule has 0 radical (unpaired) electrons. The molecule has 2 N–H and O–H groups in total. The second-order valence-electron chi connectivity index (χ2n) is 5.41. The molecule has 2 unspecified atom stereocenters. The van der Waals surface area contributed by atoms with E-state index in [1.54, 1.807) is 0 Å². The van der Waals surface area contributed by atoms with Gasteiger partial charge in [-0.15, -0.1) is 23.2 Å². The second-order valence-corrected chi connectivity index (χ2v) is 6.03. The molecule has 0 aliphatic rings. The Hall–Kier alpha value is -1.26. The molecular formula is C18H20Cl2O3. The standard InChI is InChI=1S/C18H20Cl2O3/c19-11-15(21)9-13-1-5-17(6-2-13)23-18-7-3-14(4-8-18)10-16(22)12-20/h1-8,15-16,21-22H,9-12H2. The predicted octanol–water partition coefficient (Wildman–Crippen LogP) is 3.76. The normalized spacial score (nSPS) is 13.6. The summed E-state index contributed by atoms with van der Waals surface area (Å²) in [5, 5.41) is 19.1. The maximum Gasteiger partial charge on any atom is 0.127 e. The van der Waals surface area contributed by atoms with Crippen LogP contribution in [0.1, 0.15) is 11.1 Å². The number of alkyl halides is 2. The van der Waals surface area contributed by atoms with E-state index < -0.39 is 12.2 Å². The zero-order valence-corrected chi connectivity index (χ0v) is 14.2. The van der Waals surface area contributed by atoms with Crippen LogP contribution in [-0.4, -0.2) is 34.2 Å². The van der Waals surface area contributed by atoms with Crippen LogP contribution in [-0.2, 0) is 12.8 Å². The van der Waals surface area contributed by atoms with Crippen LogP contribution >= 0.6 is 23.2 Å². The van der Waals surface area contributed by atoms with E-state index in [0.29, 0.717) is 12.8 Å². The molecular weight excluding hydrogens is 335 g/mol. The van der Waals surface area contributed by atoms with Crippen molar-refractivity contribution in [3.8, 4) is 11.5 Å².